The molecule has 1 aromatic heterocycles. The molecule has 1 N–H and O–H groups in total. The Morgan fingerprint density at radius 2 is 2.06 bits per heavy atom. The molecule has 31 heavy (non-hydrogen) atoms. The third kappa shape index (κ3) is 4.25. The normalized spacial score (nSPS) is 23.7. The Hall–Kier alpha value is -3.38. The Kier molecular flexibility index (Phi) is 5.65. The molecule has 2 aliphatic heterocycles. The number of cyclic esters (lactones) is 1. The Morgan fingerprint density at radius 1 is 1.32 bits per heavy atom. The second kappa shape index (κ2) is 8.40. The van der Waals surface area contributed by atoms with Gasteiger partial charge < -0.3 is 15.0 Å². The molecule has 0 spiro atoms. The van der Waals surface area contributed by atoms with Crippen molar-refractivity contribution >= 4 is 23.4 Å². The number of nitrogens with zero attached hydrogens (tertiary/aromatic N) is 6. The maximum Gasteiger partial charge on any atom is 0.414 e. The van der Waals surface area contributed by atoms with Crippen molar-refractivity contribution in [2.24, 2.45) is 0 Å². The number of amides is 2. The number of rotatable bonds is 5. The molecule has 0 aliphatic carbocycles. The van der Waals surface area contributed by atoms with Crippen molar-refractivity contribution in [2.75, 3.05) is 29.4 Å². The molecule has 3 unspecified atom stereocenters. The summed E-state index contributed by atoms with van der Waals surface area (Å²) in [6.07, 6.45) is -1.34. The van der Waals surface area contributed by atoms with Gasteiger partial charge in [0.15, 0.2) is 17.9 Å². The number of benzene rings is 1. The van der Waals surface area contributed by atoms with Gasteiger partial charge in [-0.3, -0.25) is 9.69 Å². The number of carbonyl (C=O) groups is 2. The molecule has 0 saturated carbocycles. The fraction of sp³-hybridized carbons (Fsp3) is 0.500. The van der Waals surface area contributed by atoms with Gasteiger partial charge >= 0.3 is 6.09 Å². The van der Waals surface area contributed by atoms with Gasteiger partial charge in [0, 0.05) is 32.0 Å². The van der Waals surface area contributed by atoms with E-state index in [1.165, 1.54) is 17.9 Å². The maximum atomic E-state index is 14.8. The van der Waals surface area contributed by atoms with E-state index in [-0.39, 0.29) is 43.7 Å². The van der Waals surface area contributed by atoms with E-state index in [0.29, 0.717) is 6.42 Å². The molecule has 13 heteroatoms. The smallest absolute Gasteiger partial charge is 0.414 e. The molecule has 0 radical (unpaired) electrons. The lowest BCUT2D eigenvalue weighted by Gasteiger charge is -2.36. The lowest BCUT2D eigenvalue weighted by Crippen LogP contribution is -2.42. The van der Waals surface area contributed by atoms with Gasteiger partial charge in [0.25, 0.3) is 0 Å². The fourth-order valence-electron chi connectivity index (χ4n) is 3.80. The van der Waals surface area contributed by atoms with Crippen LogP contribution in [0.5, 0.6) is 0 Å². The average Bonchev–Trinajstić information content (AvgIpc) is 3.37. The van der Waals surface area contributed by atoms with Crippen molar-refractivity contribution in [2.45, 2.75) is 38.2 Å². The third-order valence-electron chi connectivity index (χ3n) is 5.30. The van der Waals surface area contributed by atoms with Crippen molar-refractivity contribution in [3.05, 3.63) is 30.1 Å². The second-order valence-corrected chi connectivity index (χ2v) is 7.41. The highest BCUT2D eigenvalue weighted by molar-refractivity contribution is 5.90. The number of tetrazole rings is 1. The molecule has 2 amide bonds. The molecule has 4 rings (SSSR count). The van der Waals surface area contributed by atoms with E-state index in [1.54, 1.807) is 0 Å². The van der Waals surface area contributed by atoms with Crippen LogP contribution in [0.15, 0.2) is 18.5 Å². The number of halogens is 3. The molecule has 2 fully saturated rings. The molecule has 0 bridgehead atoms. The Labute approximate surface area is 174 Å². The molecular formula is C18H20F3N7O3. The zero-order chi connectivity index (χ0) is 22.1. The summed E-state index contributed by atoms with van der Waals surface area (Å²) in [5.74, 6) is -2.27. The minimum Gasteiger partial charge on any atom is -0.442 e. The topological polar surface area (TPSA) is 105 Å². The van der Waals surface area contributed by atoms with Crippen LogP contribution in [-0.4, -0.2) is 64.2 Å². The Morgan fingerprint density at radius 3 is 2.68 bits per heavy atom. The highest BCUT2D eigenvalue weighted by Crippen LogP contribution is 2.36. The summed E-state index contributed by atoms with van der Waals surface area (Å²) < 4.78 is 51.0. The van der Waals surface area contributed by atoms with Crippen LogP contribution in [0.25, 0.3) is 0 Å². The predicted octanol–water partition coefficient (Wildman–Crippen LogP) is 1.55. The van der Waals surface area contributed by atoms with Crippen LogP contribution in [0.2, 0.25) is 0 Å². The molecule has 10 nitrogen and oxygen atoms in total. The van der Waals surface area contributed by atoms with E-state index in [4.69, 9.17) is 4.74 Å². The highest BCUT2D eigenvalue weighted by Gasteiger charge is 2.36. The summed E-state index contributed by atoms with van der Waals surface area (Å²) in [5, 5.41) is 13.3. The monoisotopic (exact) mass is 439 g/mol. The van der Waals surface area contributed by atoms with Crippen LogP contribution in [0.4, 0.5) is 29.3 Å². The lowest BCUT2D eigenvalue weighted by atomic mass is 10.0. The zero-order valence-electron chi connectivity index (χ0n) is 16.5. The number of anilines is 2. The van der Waals surface area contributed by atoms with Gasteiger partial charge in [-0.1, -0.05) is 0 Å². The minimum absolute atomic E-state index is 0.0143. The summed E-state index contributed by atoms with van der Waals surface area (Å²) >= 11 is 0. The fourth-order valence-corrected chi connectivity index (χ4v) is 3.80. The van der Waals surface area contributed by atoms with Crippen LogP contribution >= 0.6 is 0 Å². The molecule has 2 aromatic rings. The number of nitrogens with one attached hydrogen (secondary N) is 1. The number of hydrogen-bond acceptors (Lipinski definition) is 7. The van der Waals surface area contributed by atoms with Gasteiger partial charge in [0.05, 0.1) is 24.8 Å². The number of alkyl halides is 1. The van der Waals surface area contributed by atoms with E-state index >= 15 is 0 Å². The van der Waals surface area contributed by atoms with Gasteiger partial charge in [-0.15, -0.1) is 5.10 Å². The number of ether oxygens (including phenoxy) is 1. The second-order valence-electron chi connectivity index (χ2n) is 7.41. The Balaban J connectivity index is 1.49. The summed E-state index contributed by atoms with van der Waals surface area (Å²) in [6.45, 7) is 1.48. The van der Waals surface area contributed by atoms with E-state index in [0.717, 1.165) is 21.9 Å². The molecule has 3 atom stereocenters. The highest BCUT2D eigenvalue weighted by atomic mass is 19.1. The standard InChI is InChI=1S/C18H20F3N7O3/c1-10(29)22-7-13-8-27(18(30)31-13)12-4-14(19)17(15(20)5-12)26-3-2-11(6-16(26)21)28-9-23-24-25-28/h4-5,9,11,13,16H,2-3,6-8H2,1H3,(H,22,29). The minimum atomic E-state index is -1.64. The van der Waals surface area contributed by atoms with Crippen molar-refractivity contribution in [1.29, 1.82) is 0 Å². The predicted molar refractivity (Wildman–Crippen MR) is 101 cm³/mol. The first-order chi connectivity index (χ1) is 14.8. The molecular weight excluding hydrogens is 419 g/mol. The number of aromatic nitrogens is 4. The first-order valence-electron chi connectivity index (χ1n) is 9.68. The summed E-state index contributed by atoms with van der Waals surface area (Å²) in [4.78, 5) is 25.2. The average molecular weight is 439 g/mol. The molecule has 2 saturated heterocycles. The van der Waals surface area contributed by atoms with Crippen molar-refractivity contribution in [1.82, 2.24) is 25.5 Å². The van der Waals surface area contributed by atoms with Gasteiger partial charge in [0.1, 0.15) is 18.1 Å². The molecule has 166 valence electrons. The summed E-state index contributed by atoms with van der Waals surface area (Å²) in [5.41, 5.74) is -0.540. The van der Waals surface area contributed by atoms with Gasteiger partial charge in [-0.25, -0.2) is 22.6 Å². The third-order valence-corrected chi connectivity index (χ3v) is 5.30. The van der Waals surface area contributed by atoms with Crippen LogP contribution in [-0.2, 0) is 9.53 Å². The number of hydrogen-bond donors (Lipinski definition) is 1. The van der Waals surface area contributed by atoms with Crippen molar-refractivity contribution in [3.8, 4) is 0 Å². The largest absolute Gasteiger partial charge is 0.442 e. The van der Waals surface area contributed by atoms with Gasteiger partial charge in [0.2, 0.25) is 5.91 Å². The molecule has 2 aliphatic rings. The quantitative estimate of drug-likeness (QED) is 0.705. The SMILES string of the molecule is CC(=O)NCC1CN(c2cc(F)c(N3CCC(n4cnnn4)CC3F)c(F)c2)C(=O)O1. The lowest BCUT2D eigenvalue weighted by molar-refractivity contribution is -0.119. The maximum absolute atomic E-state index is 14.8. The van der Waals surface area contributed by atoms with Crippen LogP contribution in [0.1, 0.15) is 25.8 Å². The Bertz CT molecular complexity index is 951. The summed E-state index contributed by atoms with van der Waals surface area (Å²) in [7, 11) is 0. The van der Waals surface area contributed by atoms with Gasteiger partial charge in [-0.2, -0.15) is 0 Å². The summed E-state index contributed by atoms with van der Waals surface area (Å²) in [6, 6.07) is 1.63. The van der Waals surface area contributed by atoms with Crippen LogP contribution in [0.3, 0.4) is 0 Å². The zero-order valence-corrected chi connectivity index (χ0v) is 16.5. The van der Waals surface area contributed by atoms with Crippen LogP contribution < -0.4 is 15.1 Å². The molecule has 1 aromatic carbocycles. The van der Waals surface area contributed by atoms with Crippen LogP contribution in [0, 0.1) is 11.6 Å². The number of carbonyl (C=O) groups excluding carboxylic acids is 2. The van der Waals surface area contributed by atoms with Gasteiger partial charge in [-0.05, 0) is 16.8 Å². The van der Waals surface area contributed by atoms with E-state index in [1.807, 2.05) is 0 Å². The van der Waals surface area contributed by atoms with Crippen molar-refractivity contribution in [3.63, 3.8) is 0 Å². The number of piperidine rings is 1. The van der Waals surface area contributed by atoms with Crippen molar-refractivity contribution < 1.29 is 27.5 Å². The van der Waals surface area contributed by atoms with E-state index in [9.17, 15) is 22.8 Å². The van der Waals surface area contributed by atoms with E-state index in [2.05, 4.69) is 20.8 Å². The first-order valence-corrected chi connectivity index (χ1v) is 9.68. The van der Waals surface area contributed by atoms with E-state index < -0.39 is 35.8 Å². The first kappa shape index (κ1) is 20.9. The molecule has 3 heterocycles.